The van der Waals surface area contributed by atoms with Gasteiger partial charge in [0.1, 0.15) is 5.56 Å². The molecule has 148 valence electrons. The summed E-state index contributed by atoms with van der Waals surface area (Å²) in [5, 5.41) is 12.7. The lowest BCUT2D eigenvalue weighted by Gasteiger charge is -2.09. The Hall–Kier alpha value is -3.35. The van der Waals surface area contributed by atoms with E-state index in [-0.39, 0.29) is 28.9 Å². The number of hydrogen-bond donors (Lipinski definition) is 2. The molecule has 2 rings (SSSR count). The lowest BCUT2D eigenvalue weighted by molar-refractivity contribution is -0.116. The Morgan fingerprint density at radius 1 is 1.07 bits per heavy atom. The van der Waals surface area contributed by atoms with Crippen LogP contribution in [0.15, 0.2) is 42.5 Å². The summed E-state index contributed by atoms with van der Waals surface area (Å²) in [4.78, 5) is 36.1. The number of ketones is 1. The second-order valence-corrected chi connectivity index (χ2v) is 6.58. The summed E-state index contributed by atoms with van der Waals surface area (Å²) >= 11 is 0. The summed E-state index contributed by atoms with van der Waals surface area (Å²) < 4.78 is 9.93. The molecule has 0 spiro atoms. The highest BCUT2D eigenvalue weighted by Gasteiger charge is 2.18. The van der Waals surface area contributed by atoms with Crippen LogP contribution in [0.3, 0.4) is 0 Å². The van der Waals surface area contributed by atoms with Gasteiger partial charge in [-0.05, 0) is 42.3 Å². The van der Waals surface area contributed by atoms with Crippen molar-refractivity contribution in [2.75, 3.05) is 19.0 Å². The number of esters is 1. The van der Waals surface area contributed by atoms with Gasteiger partial charge in [0.05, 0.1) is 7.11 Å². The number of hydrogen-bond acceptors (Lipinski definition) is 6. The predicted molar refractivity (Wildman–Crippen MR) is 104 cm³/mol. The van der Waals surface area contributed by atoms with E-state index in [2.05, 4.69) is 5.32 Å². The summed E-state index contributed by atoms with van der Waals surface area (Å²) in [5.74, 6) is -1.29. The molecule has 0 aliphatic rings. The fourth-order valence-corrected chi connectivity index (χ4v) is 2.47. The molecule has 0 fully saturated rings. The third-order valence-corrected chi connectivity index (χ3v) is 3.86. The first kappa shape index (κ1) is 21.0. The number of nitrogens with one attached hydrogen (secondary N) is 1. The van der Waals surface area contributed by atoms with Crippen molar-refractivity contribution in [3.63, 3.8) is 0 Å². The first-order valence-electron chi connectivity index (χ1n) is 8.78. The van der Waals surface area contributed by atoms with Crippen LogP contribution in [-0.2, 0) is 9.53 Å². The third kappa shape index (κ3) is 5.57. The minimum Gasteiger partial charge on any atom is -0.504 e. The summed E-state index contributed by atoms with van der Waals surface area (Å²) in [6.07, 6.45) is 0.410. The first-order chi connectivity index (χ1) is 13.3. The number of methoxy groups -OCH3 is 1. The molecule has 2 aromatic rings. The number of rotatable bonds is 8. The minimum atomic E-state index is -0.831. The number of ether oxygens (including phenoxy) is 2. The third-order valence-electron chi connectivity index (χ3n) is 3.86. The van der Waals surface area contributed by atoms with Crippen molar-refractivity contribution < 1.29 is 29.0 Å². The van der Waals surface area contributed by atoms with Crippen LogP contribution in [0.25, 0.3) is 0 Å². The van der Waals surface area contributed by atoms with E-state index in [0.717, 1.165) is 0 Å². The van der Waals surface area contributed by atoms with Gasteiger partial charge in [0.15, 0.2) is 23.9 Å². The molecule has 0 radical (unpaired) electrons. The molecule has 28 heavy (non-hydrogen) atoms. The van der Waals surface area contributed by atoms with Crippen LogP contribution in [-0.4, -0.2) is 36.5 Å². The van der Waals surface area contributed by atoms with Crippen LogP contribution in [0.2, 0.25) is 0 Å². The lowest BCUT2D eigenvalue weighted by atomic mass is 10.1. The number of para-hydroxylation sites is 1. The lowest BCUT2D eigenvalue weighted by Crippen LogP contribution is -2.15. The molecule has 2 aromatic carbocycles. The van der Waals surface area contributed by atoms with Gasteiger partial charge in [0, 0.05) is 17.7 Å². The van der Waals surface area contributed by atoms with Crippen LogP contribution in [0.1, 0.15) is 41.0 Å². The van der Waals surface area contributed by atoms with Gasteiger partial charge in [0.25, 0.3) is 0 Å². The second-order valence-electron chi connectivity index (χ2n) is 6.58. The molecule has 1 amide bonds. The molecule has 0 aromatic heterocycles. The maximum atomic E-state index is 12.2. The maximum absolute atomic E-state index is 12.2. The first-order valence-corrected chi connectivity index (χ1v) is 8.78. The molecule has 7 heteroatoms. The Morgan fingerprint density at radius 2 is 1.75 bits per heavy atom. The van der Waals surface area contributed by atoms with Gasteiger partial charge in [-0.3, -0.25) is 9.59 Å². The van der Waals surface area contributed by atoms with E-state index in [0.29, 0.717) is 17.7 Å². The van der Waals surface area contributed by atoms with Crippen molar-refractivity contribution in [3.05, 3.63) is 53.6 Å². The molecule has 0 heterocycles. The molecule has 0 saturated heterocycles. The predicted octanol–water partition coefficient (Wildman–Crippen LogP) is 3.43. The molecule has 0 bridgehead atoms. The summed E-state index contributed by atoms with van der Waals surface area (Å²) in [6.45, 7) is 3.43. The molecule has 0 saturated carbocycles. The second kappa shape index (κ2) is 9.55. The largest absolute Gasteiger partial charge is 0.504 e. The van der Waals surface area contributed by atoms with E-state index in [1.165, 1.54) is 25.3 Å². The Bertz CT molecular complexity index is 858. The van der Waals surface area contributed by atoms with Gasteiger partial charge in [0.2, 0.25) is 5.91 Å². The van der Waals surface area contributed by atoms with Crippen LogP contribution in [0.4, 0.5) is 5.69 Å². The topological polar surface area (TPSA) is 102 Å². The molecule has 0 atom stereocenters. The SMILES string of the molecule is COc1cccc(C(=O)OCC(=O)c2ccc(NC(=O)CC(C)C)cc2)c1O. The van der Waals surface area contributed by atoms with Gasteiger partial charge in [-0.15, -0.1) is 0 Å². The van der Waals surface area contributed by atoms with Crippen molar-refractivity contribution >= 4 is 23.3 Å². The van der Waals surface area contributed by atoms with Gasteiger partial charge in [-0.25, -0.2) is 4.79 Å². The number of amides is 1. The Morgan fingerprint density at radius 3 is 2.36 bits per heavy atom. The zero-order valence-corrected chi connectivity index (χ0v) is 16.0. The number of carbonyl (C=O) groups excluding carboxylic acids is 3. The van der Waals surface area contributed by atoms with E-state index in [9.17, 15) is 19.5 Å². The van der Waals surface area contributed by atoms with Crippen molar-refractivity contribution in [2.45, 2.75) is 20.3 Å². The van der Waals surface area contributed by atoms with Gasteiger partial charge < -0.3 is 19.9 Å². The van der Waals surface area contributed by atoms with Crippen molar-refractivity contribution in [2.24, 2.45) is 5.92 Å². The normalized spacial score (nSPS) is 10.4. The molecule has 0 aliphatic carbocycles. The van der Waals surface area contributed by atoms with E-state index in [1.807, 2.05) is 13.8 Å². The molecular weight excluding hydrogens is 362 g/mol. The van der Waals surface area contributed by atoms with Crippen LogP contribution < -0.4 is 10.1 Å². The van der Waals surface area contributed by atoms with E-state index < -0.39 is 18.4 Å². The summed E-state index contributed by atoms with van der Waals surface area (Å²) in [6, 6.07) is 10.7. The number of benzene rings is 2. The van der Waals surface area contributed by atoms with Gasteiger partial charge >= 0.3 is 5.97 Å². The van der Waals surface area contributed by atoms with E-state index in [4.69, 9.17) is 9.47 Å². The molecule has 7 nitrogen and oxygen atoms in total. The molecule has 0 unspecified atom stereocenters. The molecule has 0 aliphatic heterocycles. The molecule has 2 N–H and O–H groups in total. The highest BCUT2D eigenvalue weighted by atomic mass is 16.5. The van der Waals surface area contributed by atoms with E-state index >= 15 is 0 Å². The average molecular weight is 385 g/mol. The van der Waals surface area contributed by atoms with Crippen LogP contribution in [0.5, 0.6) is 11.5 Å². The quantitative estimate of drug-likeness (QED) is 0.533. The summed E-state index contributed by atoms with van der Waals surface area (Å²) in [7, 11) is 1.36. The highest BCUT2D eigenvalue weighted by Crippen LogP contribution is 2.29. The number of anilines is 1. The fourth-order valence-electron chi connectivity index (χ4n) is 2.47. The average Bonchev–Trinajstić information content (AvgIpc) is 2.66. The number of phenolic OH excluding ortho intramolecular Hbond substituents is 1. The van der Waals surface area contributed by atoms with Gasteiger partial charge in [-0.1, -0.05) is 19.9 Å². The smallest absolute Gasteiger partial charge is 0.342 e. The van der Waals surface area contributed by atoms with Crippen LogP contribution in [0, 0.1) is 5.92 Å². The van der Waals surface area contributed by atoms with Gasteiger partial charge in [-0.2, -0.15) is 0 Å². The monoisotopic (exact) mass is 385 g/mol. The standard InChI is InChI=1S/C21H23NO6/c1-13(2)11-19(24)22-15-9-7-14(8-10-15)17(23)12-28-21(26)16-5-4-6-18(27-3)20(16)25/h4-10,13,25H,11-12H2,1-3H3,(H,22,24). The Kier molecular flexibility index (Phi) is 7.14. The fraction of sp³-hybridized carbons (Fsp3) is 0.286. The van der Waals surface area contributed by atoms with Crippen molar-refractivity contribution in [3.8, 4) is 11.5 Å². The van der Waals surface area contributed by atoms with Crippen molar-refractivity contribution in [1.82, 2.24) is 0 Å². The zero-order chi connectivity index (χ0) is 20.7. The summed E-state index contributed by atoms with van der Waals surface area (Å²) in [5.41, 5.74) is 0.834. The number of aromatic hydroxyl groups is 1. The number of Topliss-reactive ketones (excluding diaryl/α,β-unsaturated/α-hetero) is 1. The number of carbonyl (C=O) groups is 3. The van der Waals surface area contributed by atoms with E-state index in [1.54, 1.807) is 24.3 Å². The Balaban J connectivity index is 1.94. The Labute approximate surface area is 163 Å². The highest BCUT2D eigenvalue weighted by molar-refractivity contribution is 6.00. The van der Waals surface area contributed by atoms with Crippen molar-refractivity contribution in [1.29, 1.82) is 0 Å². The zero-order valence-electron chi connectivity index (χ0n) is 16.0. The van der Waals surface area contributed by atoms with Crippen LogP contribution >= 0.6 is 0 Å². The molecular formula is C21H23NO6. The number of phenols is 1. The minimum absolute atomic E-state index is 0.0876. The maximum Gasteiger partial charge on any atom is 0.342 e.